The van der Waals surface area contributed by atoms with Gasteiger partial charge in [0.2, 0.25) is 0 Å². The summed E-state index contributed by atoms with van der Waals surface area (Å²) in [4.78, 5) is 0. The zero-order chi connectivity index (χ0) is 17.2. The van der Waals surface area contributed by atoms with E-state index in [9.17, 15) is 0 Å². The van der Waals surface area contributed by atoms with Crippen LogP contribution in [0.4, 0.5) is 0 Å². The van der Waals surface area contributed by atoms with Gasteiger partial charge >= 0.3 is 0 Å². The van der Waals surface area contributed by atoms with Gasteiger partial charge in [0.15, 0.2) is 0 Å². The molecule has 0 aliphatic heterocycles. The Labute approximate surface area is 161 Å². The summed E-state index contributed by atoms with van der Waals surface area (Å²) in [5, 5.41) is 2.98. The molecular formula is C21H26IOSi. The van der Waals surface area contributed by atoms with Crippen LogP contribution < -0.4 is 15.1 Å². The lowest BCUT2D eigenvalue weighted by molar-refractivity contribution is 0.312. The molecule has 0 aliphatic rings. The molecule has 0 heterocycles. The highest BCUT2D eigenvalue weighted by Crippen LogP contribution is 2.13. The maximum atomic E-state index is 5.84. The van der Waals surface area contributed by atoms with Crippen LogP contribution in [-0.4, -0.2) is 15.4 Å². The Balaban J connectivity index is 2.01. The van der Waals surface area contributed by atoms with Crippen molar-refractivity contribution in [2.24, 2.45) is 0 Å². The van der Waals surface area contributed by atoms with Gasteiger partial charge in [-0.15, -0.1) is 0 Å². The normalized spacial score (nSPS) is 10.8. The summed E-state index contributed by atoms with van der Waals surface area (Å²) in [5.74, 6) is 0.975. The van der Waals surface area contributed by atoms with E-state index in [2.05, 4.69) is 90.7 Å². The van der Waals surface area contributed by atoms with Crippen molar-refractivity contribution in [1.82, 2.24) is 0 Å². The molecule has 2 rings (SSSR count). The van der Waals surface area contributed by atoms with E-state index in [4.69, 9.17) is 4.74 Å². The van der Waals surface area contributed by atoms with Gasteiger partial charge in [0, 0.05) is 0 Å². The monoisotopic (exact) mass is 449 g/mol. The van der Waals surface area contributed by atoms with E-state index in [0.29, 0.717) is 0 Å². The molecule has 24 heavy (non-hydrogen) atoms. The fourth-order valence-electron chi connectivity index (χ4n) is 2.65. The molecule has 2 aromatic rings. The minimum absolute atomic E-state index is 0.683. The van der Waals surface area contributed by atoms with Gasteiger partial charge < -0.3 is 4.74 Å². The van der Waals surface area contributed by atoms with Crippen LogP contribution in [0.2, 0.25) is 6.04 Å². The number of unbranched alkanes of at least 4 members (excludes halogenated alkanes) is 1. The van der Waals surface area contributed by atoms with E-state index in [1.54, 1.807) is 0 Å². The lowest BCUT2D eigenvalue weighted by atomic mass is 10.3. The van der Waals surface area contributed by atoms with Crippen LogP contribution in [0, 0.1) is 0 Å². The highest BCUT2D eigenvalue weighted by Gasteiger charge is 2.16. The molecule has 0 N–H and O–H groups in total. The Bertz CT molecular complexity index is 609. The topological polar surface area (TPSA) is 9.23 Å². The van der Waals surface area contributed by atoms with Gasteiger partial charge in [-0.05, 0) is 51.1 Å². The lowest BCUT2D eigenvalue weighted by Gasteiger charge is -2.16. The third-order valence-corrected chi connectivity index (χ3v) is 7.42. The van der Waals surface area contributed by atoms with Gasteiger partial charge in [-0.2, -0.15) is 0 Å². The maximum Gasteiger partial charge on any atom is 0.121 e. The van der Waals surface area contributed by atoms with E-state index < -0.39 is 8.80 Å². The molecule has 2 aromatic carbocycles. The van der Waals surface area contributed by atoms with E-state index >= 15 is 0 Å². The van der Waals surface area contributed by atoms with E-state index in [0.717, 1.165) is 25.2 Å². The number of ether oxygens (including phenoxy) is 1. The molecule has 1 nitrogen and oxygen atoms in total. The zero-order valence-corrected chi connectivity index (χ0v) is 17.6. The second-order valence-corrected chi connectivity index (χ2v) is 10.1. The van der Waals surface area contributed by atoms with Gasteiger partial charge in [0.25, 0.3) is 0 Å². The van der Waals surface area contributed by atoms with Crippen LogP contribution in [0.15, 0.2) is 64.8 Å². The van der Waals surface area contributed by atoms with Gasteiger partial charge in [0.05, 0.1) is 6.61 Å². The Morgan fingerprint density at radius 1 is 1.00 bits per heavy atom. The molecule has 0 amide bonds. The van der Waals surface area contributed by atoms with Crippen molar-refractivity contribution in [2.75, 3.05) is 6.61 Å². The molecule has 0 bridgehead atoms. The van der Waals surface area contributed by atoms with E-state index in [-0.39, 0.29) is 0 Å². The van der Waals surface area contributed by atoms with Crippen LogP contribution >= 0.6 is 22.6 Å². The SMILES string of the molecule is C=C(I)CCCOc1ccc([Si](CCCC)c2ccccc2)cc1. The van der Waals surface area contributed by atoms with Crippen LogP contribution in [0.1, 0.15) is 32.6 Å². The molecule has 1 radical (unpaired) electrons. The quantitative estimate of drug-likeness (QED) is 0.275. The number of hydrogen-bond acceptors (Lipinski definition) is 1. The summed E-state index contributed by atoms with van der Waals surface area (Å²) in [6.45, 7) is 6.95. The third kappa shape index (κ3) is 6.44. The first-order valence-corrected chi connectivity index (χ1v) is 11.5. The van der Waals surface area contributed by atoms with Crippen molar-refractivity contribution in [3.05, 3.63) is 64.8 Å². The standard InChI is InChI=1S/C21H26IOSi/c1-3-4-17-24(20-10-6-5-7-11-20)21-14-12-19(13-15-21)23-16-8-9-18(2)22/h5-7,10-15H,2-4,8-9,16-17H2,1H3. The summed E-state index contributed by atoms with van der Waals surface area (Å²) in [5.41, 5.74) is 0. The Hall–Kier alpha value is -1.07. The number of hydrogen-bond donors (Lipinski definition) is 0. The number of allylic oxidation sites excluding steroid dienone is 1. The first-order chi connectivity index (χ1) is 11.7. The smallest absolute Gasteiger partial charge is 0.121 e. The first-order valence-electron chi connectivity index (χ1n) is 8.68. The van der Waals surface area contributed by atoms with Crippen molar-refractivity contribution in [3.8, 4) is 5.75 Å². The Morgan fingerprint density at radius 2 is 1.67 bits per heavy atom. The van der Waals surface area contributed by atoms with Gasteiger partial charge in [-0.1, -0.05) is 85.2 Å². The summed E-state index contributed by atoms with van der Waals surface area (Å²) in [6, 6.07) is 21.1. The average molecular weight is 449 g/mol. The van der Waals surface area contributed by atoms with Crippen molar-refractivity contribution in [2.45, 2.75) is 38.7 Å². The van der Waals surface area contributed by atoms with E-state index in [1.165, 1.54) is 32.8 Å². The Kier molecular flexibility index (Phi) is 8.60. The first kappa shape index (κ1) is 19.3. The second kappa shape index (κ2) is 10.7. The van der Waals surface area contributed by atoms with Crippen LogP contribution in [0.25, 0.3) is 0 Å². The third-order valence-electron chi connectivity index (χ3n) is 3.97. The molecule has 0 saturated carbocycles. The zero-order valence-electron chi connectivity index (χ0n) is 14.4. The summed E-state index contributed by atoms with van der Waals surface area (Å²) in [6.07, 6.45) is 4.60. The minimum Gasteiger partial charge on any atom is -0.494 e. The summed E-state index contributed by atoms with van der Waals surface area (Å²) in [7, 11) is -0.683. The maximum absolute atomic E-state index is 5.84. The number of benzene rings is 2. The van der Waals surface area contributed by atoms with Crippen LogP contribution in [0.5, 0.6) is 5.75 Å². The van der Waals surface area contributed by atoms with Gasteiger partial charge in [-0.3, -0.25) is 0 Å². The second-order valence-electron chi connectivity index (χ2n) is 5.94. The van der Waals surface area contributed by atoms with Crippen molar-refractivity contribution >= 4 is 41.8 Å². The molecule has 127 valence electrons. The Morgan fingerprint density at radius 3 is 2.29 bits per heavy atom. The molecule has 0 unspecified atom stereocenters. The molecule has 0 saturated heterocycles. The fraction of sp³-hybridized carbons (Fsp3) is 0.333. The molecule has 0 aliphatic carbocycles. The van der Waals surface area contributed by atoms with E-state index in [1.807, 2.05) is 0 Å². The fourth-order valence-corrected chi connectivity index (χ4v) is 5.82. The highest BCUT2D eigenvalue weighted by molar-refractivity contribution is 14.1. The summed E-state index contributed by atoms with van der Waals surface area (Å²) < 4.78 is 7.04. The number of rotatable bonds is 10. The van der Waals surface area contributed by atoms with Crippen molar-refractivity contribution in [1.29, 1.82) is 0 Å². The van der Waals surface area contributed by atoms with Crippen LogP contribution in [-0.2, 0) is 0 Å². The summed E-state index contributed by atoms with van der Waals surface area (Å²) >= 11 is 2.28. The van der Waals surface area contributed by atoms with Gasteiger partial charge in [-0.25, -0.2) is 0 Å². The van der Waals surface area contributed by atoms with Crippen molar-refractivity contribution < 1.29 is 4.74 Å². The van der Waals surface area contributed by atoms with Crippen molar-refractivity contribution in [3.63, 3.8) is 0 Å². The molecule has 3 heteroatoms. The predicted octanol–water partition coefficient (Wildman–Crippen LogP) is 5.20. The molecule has 0 spiro atoms. The molecular weight excluding hydrogens is 423 g/mol. The largest absolute Gasteiger partial charge is 0.494 e. The number of halogens is 1. The highest BCUT2D eigenvalue weighted by atomic mass is 127. The van der Waals surface area contributed by atoms with Crippen LogP contribution in [0.3, 0.4) is 0 Å². The predicted molar refractivity (Wildman–Crippen MR) is 116 cm³/mol. The van der Waals surface area contributed by atoms with Gasteiger partial charge in [0.1, 0.15) is 14.5 Å². The lowest BCUT2D eigenvalue weighted by Crippen LogP contribution is -2.41. The average Bonchev–Trinajstić information content (AvgIpc) is 2.61. The molecule has 0 atom stereocenters. The minimum atomic E-state index is -0.683. The molecule has 0 fully saturated rings. The molecule has 0 aromatic heterocycles.